The Morgan fingerprint density at radius 3 is 2.27 bits per heavy atom. The second kappa shape index (κ2) is 5.84. The molecule has 0 saturated carbocycles. The van der Waals surface area contributed by atoms with E-state index >= 15 is 0 Å². The predicted octanol–water partition coefficient (Wildman–Crippen LogP) is 4.41. The first kappa shape index (κ1) is 11.2. The Morgan fingerprint density at radius 2 is 1.91 bits per heavy atom. The van der Waals surface area contributed by atoms with E-state index in [4.69, 9.17) is 11.6 Å². The van der Waals surface area contributed by atoms with Gasteiger partial charge in [0.2, 0.25) is 0 Å². The number of hydrogen-bond acceptors (Lipinski definition) is 0. The van der Waals surface area contributed by atoms with Crippen molar-refractivity contribution in [2.75, 3.05) is 0 Å². The van der Waals surface area contributed by atoms with Crippen LogP contribution in [0, 0.1) is 0 Å². The standard InChI is InChI=1S/C9H12ClI/c1-4-6-9(11)7(3)8(10)5-2/h4-6H,1-3H3/b6-4-,8-5+,9-7+. The highest BCUT2D eigenvalue weighted by Crippen LogP contribution is 2.23. The topological polar surface area (TPSA) is 0 Å². The van der Waals surface area contributed by atoms with Crippen molar-refractivity contribution in [3.8, 4) is 0 Å². The zero-order valence-electron chi connectivity index (χ0n) is 6.99. The second-order valence-corrected chi connectivity index (χ2v) is 3.68. The quantitative estimate of drug-likeness (QED) is 0.520. The van der Waals surface area contributed by atoms with E-state index in [2.05, 4.69) is 22.6 Å². The molecule has 0 aliphatic rings. The van der Waals surface area contributed by atoms with Gasteiger partial charge in [-0.2, -0.15) is 0 Å². The molecular weight excluding hydrogens is 270 g/mol. The lowest BCUT2D eigenvalue weighted by molar-refractivity contribution is 1.46. The first-order chi connectivity index (χ1) is 5.13. The average Bonchev–Trinajstić information content (AvgIpc) is 2.02. The highest BCUT2D eigenvalue weighted by atomic mass is 127. The zero-order valence-corrected chi connectivity index (χ0v) is 9.90. The molecule has 0 aromatic rings. The van der Waals surface area contributed by atoms with Crippen LogP contribution in [0.15, 0.2) is 32.4 Å². The summed E-state index contributed by atoms with van der Waals surface area (Å²) < 4.78 is 1.19. The number of hydrogen-bond donors (Lipinski definition) is 0. The summed E-state index contributed by atoms with van der Waals surface area (Å²) in [6.45, 7) is 5.95. The fourth-order valence-electron chi connectivity index (χ4n) is 0.602. The Labute approximate surface area is 87.2 Å². The molecule has 0 unspecified atom stereocenters. The first-order valence-corrected chi connectivity index (χ1v) is 4.90. The normalized spacial score (nSPS) is 15.5. The third kappa shape index (κ3) is 3.97. The molecular formula is C9H12ClI. The van der Waals surface area contributed by atoms with Crippen molar-refractivity contribution in [3.63, 3.8) is 0 Å². The summed E-state index contributed by atoms with van der Waals surface area (Å²) in [5.74, 6) is 0. The fraction of sp³-hybridized carbons (Fsp3) is 0.333. The monoisotopic (exact) mass is 282 g/mol. The molecule has 0 atom stereocenters. The molecule has 0 radical (unpaired) electrons. The van der Waals surface area contributed by atoms with Gasteiger partial charge in [-0.25, -0.2) is 0 Å². The molecule has 0 fully saturated rings. The largest absolute Gasteiger partial charge is 0.0866 e. The highest BCUT2D eigenvalue weighted by molar-refractivity contribution is 14.1. The molecule has 62 valence electrons. The molecule has 2 heteroatoms. The lowest BCUT2D eigenvalue weighted by atomic mass is 10.2. The smallest absolute Gasteiger partial charge is 0.0403 e. The van der Waals surface area contributed by atoms with Gasteiger partial charge in [-0.3, -0.25) is 0 Å². The Balaban J connectivity index is 4.66. The number of rotatable bonds is 2. The van der Waals surface area contributed by atoms with Crippen molar-refractivity contribution in [1.29, 1.82) is 0 Å². The Morgan fingerprint density at radius 1 is 1.36 bits per heavy atom. The maximum absolute atomic E-state index is 5.91. The number of halogens is 2. The number of allylic oxidation sites excluding steroid dienone is 6. The van der Waals surface area contributed by atoms with Crippen LogP contribution in [0.1, 0.15) is 20.8 Å². The average molecular weight is 283 g/mol. The van der Waals surface area contributed by atoms with Crippen molar-refractivity contribution in [1.82, 2.24) is 0 Å². The molecule has 0 aromatic carbocycles. The lowest BCUT2D eigenvalue weighted by Gasteiger charge is -1.99. The van der Waals surface area contributed by atoms with Crippen molar-refractivity contribution >= 4 is 34.2 Å². The van der Waals surface area contributed by atoms with E-state index in [1.807, 2.05) is 39.0 Å². The minimum Gasteiger partial charge on any atom is -0.0866 e. The van der Waals surface area contributed by atoms with Crippen LogP contribution in [0.2, 0.25) is 0 Å². The van der Waals surface area contributed by atoms with Crippen LogP contribution < -0.4 is 0 Å². The first-order valence-electron chi connectivity index (χ1n) is 3.44. The van der Waals surface area contributed by atoms with Gasteiger partial charge in [0.25, 0.3) is 0 Å². The molecule has 0 aliphatic heterocycles. The third-order valence-corrected chi connectivity index (χ3v) is 2.95. The summed E-state index contributed by atoms with van der Waals surface area (Å²) in [6.07, 6.45) is 5.95. The van der Waals surface area contributed by atoms with Crippen LogP contribution in [0.4, 0.5) is 0 Å². The van der Waals surface area contributed by atoms with Gasteiger partial charge in [0.1, 0.15) is 0 Å². The zero-order chi connectivity index (χ0) is 8.85. The molecule has 0 rings (SSSR count). The summed E-state index contributed by atoms with van der Waals surface area (Å²) in [7, 11) is 0. The molecule has 0 nitrogen and oxygen atoms in total. The SMILES string of the molecule is C\C=C/C(I)=C(C)\C(Cl)=C/C. The van der Waals surface area contributed by atoms with Crippen molar-refractivity contribution in [2.45, 2.75) is 20.8 Å². The van der Waals surface area contributed by atoms with Crippen LogP contribution in [0.5, 0.6) is 0 Å². The van der Waals surface area contributed by atoms with Gasteiger partial charge >= 0.3 is 0 Å². The maximum atomic E-state index is 5.91. The van der Waals surface area contributed by atoms with Gasteiger partial charge in [0.05, 0.1) is 0 Å². The van der Waals surface area contributed by atoms with Crippen LogP contribution in [0.25, 0.3) is 0 Å². The van der Waals surface area contributed by atoms with Crippen molar-refractivity contribution < 1.29 is 0 Å². The molecule has 0 N–H and O–H groups in total. The highest BCUT2D eigenvalue weighted by Gasteiger charge is 1.97. The van der Waals surface area contributed by atoms with E-state index < -0.39 is 0 Å². The van der Waals surface area contributed by atoms with Gasteiger partial charge in [-0.1, -0.05) is 29.8 Å². The molecule has 0 aliphatic carbocycles. The van der Waals surface area contributed by atoms with Crippen LogP contribution in [0.3, 0.4) is 0 Å². The molecule has 0 saturated heterocycles. The van der Waals surface area contributed by atoms with Gasteiger partial charge in [-0.15, -0.1) is 0 Å². The van der Waals surface area contributed by atoms with Crippen LogP contribution in [-0.4, -0.2) is 0 Å². The Bertz CT molecular complexity index is 212. The van der Waals surface area contributed by atoms with Crippen molar-refractivity contribution in [2.24, 2.45) is 0 Å². The Hall–Kier alpha value is 0.240. The van der Waals surface area contributed by atoms with E-state index in [-0.39, 0.29) is 0 Å². The summed E-state index contributed by atoms with van der Waals surface area (Å²) in [5, 5.41) is 0.826. The minimum atomic E-state index is 0.826. The van der Waals surface area contributed by atoms with Gasteiger partial charge in [-0.05, 0) is 48.9 Å². The molecule has 0 bridgehead atoms. The van der Waals surface area contributed by atoms with Crippen molar-refractivity contribution in [3.05, 3.63) is 32.4 Å². The fourth-order valence-corrected chi connectivity index (χ4v) is 1.51. The molecule has 0 amide bonds. The predicted molar refractivity (Wildman–Crippen MR) is 61.1 cm³/mol. The van der Waals surface area contributed by atoms with E-state index in [1.54, 1.807) is 0 Å². The summed E-state index contributed by atoms with van der Waals surface area (Å²) in [6, 6.07) is 0. The second-order valence-electron chi connectivity index (χ2n) is 2.11. The summed E-state index contributed by atoms with van der Waals surface area (Å²) in [5.41, 5.74) is 1.13. The molecule has 11 heavy (non-hydrogen) atoms. The molecule has 0 spiro atoms. The van der Waals surface area contributed by atoms with Crippen LogP contribution in [-0.2, 0) is 0 Å². The van der Waals surface area contributed by atoms with Gasteiger partial charge in [0, 0.05) is 8.61 Å². The van der Waals surface area contributed by atoms with Gasteiger partial charge in [0.15, 0.2) is 0 Å². The van der Waals surface area contributed by atoms with E-state index in [0.717, 1.165) is 10.6 Å². The van der Waals surface area contributed by atoms with E-state index in [1.165, 1.54) is 3.58 Å². The minimum absolute atomic E-state index is 0.826. The summed E-state index contributed by atoms with van der Waals surface area (Å²) in [4.78, 5) is 0. The van der Waals surface area contributed by atoms with Gasteiger partial charge < -0.3 is 0 Å². The lowest BCUT2D eigenvalue weighted by Crippen LogP contribution is -1.77. The summed E-state index contributed by atoms with van der Waals surface area (Å²) >= 11 is 8.18. The Kier molecular flexibility index (Phi) is 5.96. The van der Waals surface area contributed by atoms with E-state index in [0.29, 0.717) is 0 Å². The molecule has 0 heterocycles. The third-order valence-electron chi connectivity index (χ3n) is 1.28. The van der Waals surface area contributed by atoms with Crippen LogP contribution >= 0.6 is 34.2 Å². The van der Waals surface area contributed by atoms with E-state index in [9.17, 15) is 0 Å². The molecule has 0 aromatic heterocycles. The maximum Gasteiger partial charge on any atom is 0.0403 e.